The van der Waals surface area contributed by atoms with Gasteiger partial charge in [0.25, 0.3) is 5.85 Å². The van der Waals surface area contributed by atoms with Gasteiger partial charge in [-0.05, 0) is 0 Å². The number of alkyl halides is 2. The number of ether oxygens (including phenoxy) is 2. The van der Waals surface area contributed by atoms with Gasteiger partial charge in [-0.1, -0.05) is 11.6 Å². The van der Waals surface area contributed by atoms with Crippen molar-refractivity contribution in [2.45, 2.75) is 11.4 Å². The number of morpholine rings is 1. The third kappa shape index (κ3) is 3.08. The van der Waals surface area contributed by atoms with Gasteiger partial charge in [-0.3, -0.25) is 0 Å². The Balaban J connectivity index is 2.12. The third-order valence-electron chi connectivity index (χ3n) is 2.87. The Morgan fingerprint density at radius 1 is 1.65 bits per heavy atom. The second kappa shape index (κ2) is 6.02. The van der Waals surface area contributed by atoms with Crippen molar-refractivity contribution in [1.82, 2.24) is 4.90 Å². The zero-order chi connectivity index (χ0) is 14.8. The normalized spacial score (nSPS) is 30.8. The SMILES string of the molecule is O=C(O)COC1(F)C(F)=CC(N2CCOCC2)=NC1Cl. The maximum Gasteiger partial charge on any atom is 0.329 e. The minimum absolute atomic E-state index is 0.193. The number of hydrogen-bond donors (Lipinski definition) is 1. The molecule has 2 unspecified atom stereocenters. The van der Waals surface area contributed by atoms with Crippen LogP contribution in [0.3, 0.4) is 0 Å². The Hall–Kier alpha value is -1.25. The number of carboxylic acids is 1. The number of amidine groups is 1. The van der Waals surface area contributed by atoms with Gasteiger partial charge in [-0.15, -0.1) is 0 Å². The molecule has 0 radical (unpaired) electrons. The van der Waals surface area contributed by atoms with Crippen molar-refractivity contribution in [3.05, 3.63) is 11.9 Å². The van der Waals surface area contributed by atoms with Crippen LogP contribution in [-0.2, 0) is 14.3 Å². The van der Waals surface area contributed by atoms with Gasteiger partial charge < -0.3 is 19.5 Å². The summed E-state index contributed by atoms with van der Waals surface area (Å²) >= 11 is 5.70. The van der Waals surface area contributed by atoms with Crippen molar-refractivity contribution in [1.29, 1.82) is 0 Å². The van der Waals surface area contributed by atoms with Crippen molar-refractivity contribution in [2.75, 3.05) is 32.9 Å². The molecule has 1 fully saturated rings. The molecular formula is C11H13ClF2N2O4. The Morgan fingerprint density at radius 3 is 2.85 bits per heavy atom. The van der Waals surface area contributed by atoms with Gasteiger partial charge in [-0.25, -0.2) is 18.6 Å². The molecule has 0 bridgehead atoms. The lowest BCUT2D eigenvalue weighted by Crippen LogP contribution is -2.46. The fourth-order valence-corrected chi connectivity index (χ4v) is 2.10. The Labute approximate surface area is 118 Å². The van der Waals surface area contributed by atoms with E-state index >= 15 is 0 Å². The molecule has 0 aromatic carbocycles. The van der Waals surface area contributed by atoms with E-state index in [4.69, 9.17) is 21.4 Å². The molecule has 2 atom stereocenters. The summed E-state index contributed by atoms with van der Waals surface area (Å²) < 4.78 is 37.7. The second-order valence-electron chi connectivity index (χ2n) is 4.24. The smallest absolute Gasteiger partial charge is 0.329 e. The minimum Gasteiger partial charge on any atom is -0.480 e. The van der Waals surface area contributed by atoms with Crippen molar-refractivity contribution in [2.24, 2.45) is 4.99 Å². The first-order valence-corrected chi connectivity index (χ1v) is 6.34. The zero-order valence-electron chi connectivity index (χ0n) is 10.4. The highest BCUT2D eigenvalue weighted by molar-refractivity contribution is 6.22. The lowest BCUT2D eigenvalue weighted by Gasteiger charge is -2.34. The van der Waals surface area contributed by atoms with Gasteiger partial charge >= 0.3 is 5.97 Å². The molecule has 0 amide bonds. The summed E-state index contributed by atoms with van der Waals surface area (Å²) in [5.74, 6) is -5.59. The fourth-order valence-electron chi connectivity index (χ4n) is 1.83. The van der Waals surface area contributed by atoms with Gasteiger partial charge in [-0.2, -0.15) is 0 Å². The van der Waals surface area contributed by atoms with Crippen molar-refractivity contribution in [3.8, 4) is 0 Å². The molecule has 6 nitrogen and oxygen atoms in total. The van der Waals surface area contributed by atoms with Crippen LogP contribution in [0.4, 0.5) is 8.78 Å². The van der Waals surface area contributed by atoms with E-state index in [1.54, 1.807) is 4.90 Å². The van der Waals surface area contributed by atoms with E-state index < -0.39 is 29.8 Å². The molecule has 1 saturated heterocycles. The average molecular weight is 311 g/mol. The number of aliphatic imine (C=N–C) groups is 1. The van der Waals surface area contributed by atoms with Crippen molar-refractivity contribution in [3.63, 3.8) is 0 Å². The number of carbonyl (C=O) groups is 1. The first kappa shape index (κ1) is 15.1. The molecule has 2 aliphatic rings. The van der Waals surface area contributed by atoms with E-state index in [-0.39, 0.29) is 5.84 Å². The Bertz CT molecular complexity index is 454. The van der Waals surface area contributed by atoms with Crippen LogP contribution >= 0.6 is 11.6 Å². The Kier molecular flexibility index (Phi) is 4.56. The van der Waals surface area contributed by atoms with Crippen LogP contribution in [0.5, 0.6) is 0 Å². The minimum atomic E-state index is -3.06. The van der Waals surface area contributed by atoms with Gasteiger partial charge in [0.05, 0.1) is 13.2 Å². The first-order chi connectivity index (χ1) is 9.43. The highest BCUT2D eigenvalue weighted by Gasteiger charge is 2.48. The highest BCUT2D eigenvalue weighted by Crippen LogP contribution is 2.36. The maximum absolute atomic E-state index is 14.2. The number of nitrogens with zero attached hydrogens (tertiary/aromatic N) is 2. The van der Waals surface area contributed by atoms with E-state index in [1.807, 2.05) is 0 Å². The summed E-state index contributed by atoms with van der Waals surface area (Å²) in [6.07, 6.45) is 0.867. The largest absolute Gasteiger partial charge is 0.480 e. The molecule has 0 saturated carbocycles. The molecule has 112 valence electrons. The molecule has 9 heteroatoms. The predicted molar refractivity (Wildman–Crippen MR) is 66.1 cm³/mol. The molecular weight excluding hydrogens is 298 g/mol. The van der Waals surface area contributed by atoms with Crippen LogP contribution in [0.1, 0.15) is 0 Å². The number of dihydropyridines is 1. The van der Waals surface area contributed by atoms with Gasteiger partial charge in [0.1, 0.15) is 12.4 Å². The second-order valence-corrected chi connectivity index (χ2v) is 4.66. The van der Waals surface area contributed by atoms with Crippen molar-refractivity contribution < 1.29 is 28.2 Å². The summed E-state index contributed by atoms with van der Waals surface area (Å²) in [6, 6.07) is 0. The van der Waals surface area contributed by atoms with E-state index in [0.717, 1.165) is 6.08 Å². The lowest BCUT2D eigenvalue weighted by atomic mass is 10.2. The molecule has 2 heterocycles. The van der Waals surface area contributed by atoms with Crippen LogP contribution < -0.4 is 0 Å². The molecule has 2 rings (SSSR count). The Morgan fingerprint density at radius 2 is 2.30 bits per heavy atom. The van der Waals surface area contributed by atoms with Gasteiger partial charge in [0.15, 0.2) is 11.3 Å². The number of carboxylic acid groups (broad SMARTS) is 1. The van der Waals surface area contributed by atoms with Crippen LogP contribution in [0.25, 0.3) is 0 Å². The molecule has 0 aromatic heterocycles. The summed E-state index contributed by atoms with van der Waals surface area (Å²) in [7, 11) is 0. The summed E-state index contributed by atoms with van der Waals surface area (Å²) in [5, 5.41) is 8.45. The summed E-state index contributed by atoms with van der Waals surface area (Å²) in [4.78, 5) is 15.9. The van der Waals surface area contributed by atoms with Crippen LogP contribution in [0.2, 0.25) is 0 Å². The number of hydrogen-bond acceptors (Lipinski definition) is 5. The molecule has 0 aliphatic carbocycles. The summed E-state index contributed by atoms with van der Waals surface area (Å²) in [5.41, 5.74) is -1.69. The lowest BCUT2D eigenvalue weighted by molar-refractivity contribution is -0.165. The monoisotopic (exact) mass is 310 g/mol. The molecule has 2 aliphatic heterocycles. The van der Waals surface area contributed by atoms with E-state index in [9.17, 15) is 13.6 Å². The number of halogens is 3. The fraction of sp³-hybridized carbons (Fsp3) is 0.636. The standard InChI is InChI=1S/C11H13ClF2N2O4/c12-10-11(14,20-6-9(17)18)7(13)5-8(15-10)16-1-3-19-4-2-16/h5,10H,1-4,6H2,(H,17,18). The summed E-state index contributed by atoms with van der Waals surface area (Å²) in [6.45, 7) is 0.877. The maximum atomic E-state index is 14.2. The van der Waals surface area contributed by atoms with E-state index in [0.29, 0.717) is 26.3 Å². The van der Waals surface area contributed by atoms with Crippen LogP contribution in [0, 0.1) is 0 Å². The van der Waals surface area contributed by atoms with Gasteiger partial charge in [0.2, 0.25) is 0 Å². The third-order valence-corrected chi connectivity index (χ3v) is 3.25. The first-order valence-electron chi connectivity index (χ1n) is 5.90. The van der Waals surface area contributed by atoms with Gasteiger partial charge in [0, 0.05) is 19.2 Å². The van der Waals surface area contributed by atoms with Crippen LogP contribution in [-0.4, -0.2) is 66.1 Å². The van der Waals surface area contributed by atoms with Crippen molar-refractivity contribution >= 4 is 23.4 Å². The molecule has 0 aromatic rings. The van der Waals surface area contributed by atoms with Crippen LogP contribution in [0.15, 0.2) is 16.9 Å². The topological polar surface area (TPSA) is 71.4 Å². The number of rotatable bonds is 3. The quantitative estimate of drug-likeness (QED) is 0.620. The molecule has 20 heavy (non-hydrogen) atoms. The molecule has 1 N–H and O–H groups in total. The van der Waals surface area contributed by atoms with E-state index in [1.165, 1.54) is 0 Å². The highest BCUT2D eigenvalue weighted by atomic mass is 35.5. The zero-order valence-corrected chi connectivity index (χ0v) is 11.1. The predicted octanol–water partition coefficient (Wildman–Crippen LogP) is 0.916. The molecule has 0 spiro atoms. The average Bonchev–Trinajstić information content (AvgIpc) is 2.43. The number of aliphatic carboxylic acids is 1. The van der Waals surface area contributed by atoms with E-state index in [2.05, 4.69) is 9.73 Å².